The average molecular weight is 385 g/mol. The van der Waals surface area contributed by atoms with Crippen LogP contribution in [0.4, 0.5) is 5.95 Å². The minimum absolute atomic E-state index is 0.196. The fourth-order valence-corrected chi connectivity index (χ4v) is 3.08. The summed E-state index contributed by atoms with van der Waals surface area (Å²) in [5, 5.41) is 2.92. The number of piperazine rings is 1. The third-order valence-electron chi connectivity index (χ3n) is 4.81. The number of nitrogens with one attached hydrogen (secondary N) is 1. The molecule has 0 saturated carbocycles. The first kappa shape index (κ1) is 19.9. The highest BCUT2D eigenvalue weighted by Crippen LogP contribution is 2.27. The number of hydrogen-bond acceptors (Lipinski definition) is 7. The second-order valence-corrected chi connectivity index (χ2v) is 6.73. The topological polar surface area (TPSA) is 79.8 Å². The van der Waals surface area contributed by atoms with Gasteiger partial charge in [-0.3, -0.25) is 4.79 Å². The third kappa shape index (κ3) is 4.89. The third-order valence-corrected chi connectivity index (χ3v) is 4.81. The van der Waals surface area contributed by atoms with Crippen molar-refractivity contribution in [3.63, 3.8) is 0 Å². The molecule has 1 saturated heterocycles. The van der Waals surface area contributed by atoms with Crippen molar-refractivity contribution in [3.05, 3.63) is 41.7 Å². The molecule has 8 nitrogen and oxygen atoms in total. The van der Waals surface area contributed by atoms with E-state index in [4.69, 9.17) is 9.47 Å². The summed E-state index contributed by atoms with van der Waals surface area (Å²) >= 11 is 0. The summed E-state index contributed by atoms with van der Waals surface area (Å²) in [4.78, 5) is 25.6. The van der Waals surface area contributed by atoms with Gasteiger partial charge in [0.1, 0.15) is 5.69 Å². The maximum absolute atomic E-state index is 12.5. The van der Waals surface area contributed by atoms with Crippen molar-refractivity contribution in [3.8, 4) is 11.5 Å². The van der Waals surface area contributed by atoms with Gasteiger partial charge in [-0.2, -0.15) is 0 Å². The number of anilines is 1. The molecule has 0 bridgehead atoms. The van der Waals surface area contributed by atoms with Crippen LogP contribution in [0.25, 0.3) is 0 Å². The normalized spacial score (nSPS) is 14.6. The highest BCUT2D eigenvalue weighted by Gasteiger charge is 2.18. The van der Waals surface area contributed by atoms with Gasteiger partial charge in [-0.05, 0) is 37.2 Å². The van der Waals surface area contributed by atoms with Crippen LogP contribution in [0.15, 0.2) is 30.5 Å². The predicted octanol–water partition coefficient (Wildman–Crippen LogP) is 1.22. The molecular formula is C20H27N5O3. The molecule has 1 fully saturated rings. The van der Waals surface area contributed by atoms with Crippen LogP contribution in [-0.4, -0.2) is 74.8 Å². The standard InChI is InChI=1S/C20H27N5O3/c1-24-10-12-25(13-11-24)20-22-9-7-16(23-20)19(26)21-8-6-15-4-5-17(27-2)18(14-15)28-3/h4-5,7,9,14H,6,8,10-13H2,1-3H3,(H,21,26). The van der Waals surface area contributed by atoms with Crippen molar-refractivity contribution in [1.82, 2.24) is 20.2 Å². The Bertz CT molecular complexity index is 806. The monoisotopic (exact) mass is 385 g/mol. The lowest BCUT2D eigenvalue weighted by Crippen LogP contribution is -2.45. The first-order valence-electron chi connectivity index (χ1n) is 9.36. The van der Waals surface area contributed by atoms with E-state index in [0.717, 1.165) is 31.7 Å². The van der Waals surface area contributed by atoms with Crippen molar-refractivity contribution >= 4 is 11.9 Å². The van der Waals surface area contributed by atoms with Crippen LogP contribution in [0.5, 0.6) is 11.5 Å². The van der Waals surface area contributed by atoms with E-state index in [1.807, 2.05) is 18.2 Å². The zero-order chi connectivity index (χ0) is 19.9. The van der Waals surface area contributed by atoms with Gasteiger partial charge in [0.05, 0.1) is 14.2 Å². The zero-order valence-corrected chi connectivity index (χ0v) is 16.6. The van der Waals surface area contributed by atoms with Crippen molar-refractivity contribution in [1.29, 1.82) is 0 Å². The van der Waals surface area contributed by atoms with Crippen molar-refractivity contribution in [2.24, 2.45) is 0 Å². The number of benzene rings is 1. The number of methoxy groups -OCH3 is 2. The molecule has 150 valence electrons. The lowest BCUT2D eigenvalue weighted by molar-refractivity contribution is 0.0949. The number of hydrogen-bond donors (Lipinski definition) is 1. The molecule has 1 aliphatic heterocycles. The maximum atomic E-state index is 12.5. The molecule has 1 aromatic carbocycles. The molecular weight excluding hydrogens is 358 g/mol. The molecule has 0 spiro atoms. The summed E-state index contributed by atoms with van der Waals surface area (Å²) in [5.74, 6) is 1.78. The Morgan fingerprint density at radius 2 is 1.86 bits per heavy atom. The van der Waals surface area contributed by atoms with Gasteiger partial charge >= 0.3 is 0 Å². The summed E-state index contributed by atoms with van der Waals surface area (Å²) in [6.45, 7) is 4.15. The second-order valence-electron chi connectivity index (χ2n) is 6.73. The molecule has 1 N–H and O–H groups in total. The highest BCUT2D eigenvalue weighted by atomic mass is 16.5. The fraction of sp³-hybridized carbons (Fsp3) is 0.450. The Hall–Kier alpha value is -2.87. The largest absolute Gasteiger partial charge is 0.493 e. The molecule has 28 heavy (non-hydrogen) atoms. The molecule has 1 amide bonds. The van der Waals surface area contributed by atoms with E-state index in [1.165, 1.54) is 0 Å². The minimum Gasteiger partial charge on any atom is -0.493 e. The van der Waals surface area contributed by atoms with Crippen LogP contribution in [0.3, 0.4) is 0 Å². The van der Waals surface area contributed by atoms with E-state index in [9.17, 15) is 4.79 Å². The summed E-state index contributed by atoms with van der Waals surface area (Å²) in [6, 6.07) is 7.39. The van der Waals surface area contributed by atoms with E-state index in [2.05, 4.69) is 32.1 Å². The van der Waals surface area contributed by atoms with Crippen LogP contribution < -0.4 is 19.7 Å². The van der Waals surface area contributed by atoms with Gasteiger partial charge in [0.2, 0.25) is 5.95 Å². The highest BCUT2D eigenvalue weighted by molar-refractivity contribution is 5.92. The molecule has 3 rings (SSSR count). The van der Waals surface area contributed by atoms with E-state index in [-0.39, 0.29) is 5.91 Å². The summed E-state index contributed by atoms with van der Waals surface area (Å²) < 4.78 is 10.6. The van der Waals surface area contributed by atoms with E-state index in [1.54, 1.807) is 26.5 Å². The summed E-state index contributed by atoms with van der Waals surface area (Å²) in [7, 11) is 5.31. The number of likely N-dealkylation sites (N-methyl/N-ethyl adjacent to an activating group) is 1. The van der Waals surface area contributed by atoms with Gasteiger partial charge in [-0.1, -0.05) is 6.07 Å². The van der Waals surface area contributed by atoms with E-state index < -0.39 is 0 Å². The van der Waals surface area contributed by atoms with Crippen molar-refractivity contribution in [2.45, 2.75) is 6.42 Å². The maximum Gasteiger partial charge on any atom is 0.270 e. The first-order valence-corrected chi connectivity index (χ1v) is 9.36. The van der Waals surface area contributed by atoms with Crippen LogP contribution in [0.1, 0.15) is 16.1 Å². The van der Waals surface area contributed by atoms with Crippen molar-refractivity contribution < 1.29 is 14.3 Å². The van der Waals surface area contributed by atoms with Gasteiger partial charge in [0.25, 0.3) is 5.91 Å². The molecule has 0 aliphatic carbocycles. The smallest absolute Gasteiger partial charge is 0.270 e. The lowest BCUT2D eigenvalue weighted by atomic mass is 10.1. The SMILES string of the molecule is COc1ccc(CCNC(=O)c2ccnc(N3CCN(C)CC3)n2)cc1OC. The summed E-state index contributed by atoms with van der Waals surface area (Å²) in [6.07, 6.45) is 2.33. The minimum atomic E-state index is -0.196. The molecule has 0 radical (unpaired) electrons. The van der Waals surface area contributed by atoms with Crippen LogP contribution >= 0.6 is 0 Å². The first-order chi connectivity index (χ1) is 13.6. The Morgan fingerprint density at radius 1 is 1.11 bits per heavy atom. The van der Waals surface area contributed by atoms with Gasteiger partial charge < -0.3 is 24.6 Å². The van der Waals surface area contributed by atoms with Crippen LogP contribution in [0.2, 0.25) is 0 Å². The molecule has 1 aromatic heterocycles. The van der Waals surface area contributed by atoms with Crippen LogP contribution in [0, 0.1) is 0 Å². The molecule has 0 unspecified atom stereocenters. The molecule has 8 heteroatoms. The van der Waals surface area contributed by atoms with Gasteiger partial charge in [-0.15, -0.1) is 0 Å². The number of carbonyl (C=O) groups excluding carboxylic acids is 1. The predicted molar refractivity (Wildman–Crippen MR) is 107 cm³/mol. The van der Waals surface area contributed by atoms with Gasteiger partial charge in [0, 0.05) is 38.9 Å². The number of carbonyl (C=O) groups is 1. The zero-order valence-electron chi connectivity index (χ0n) is 16.6. The Labute approximate surface area is 165 Å². The molecule has 1 aliphatic rings. The Balaban J connectivity index is 1.56. The number of nitrogens with zero attached hydrogens (tertiary/aromatic N) is 4. The quantitative estimate of drug-likeness (QED) is 0.768. The number of aromatic nitrogens is 2. The lowest BCUT2D eigenvalue weighted by Gasteiger charge is -2.32. The Morgan fingerprint density at radius 3 is 2.57 bits per heavy atom. The van der Waals surface area contributed by atoms with E-state index >= 15 is 0 Å². The van der Waals surface area contributed by atoms with E-state index in [0.29, 0.717) is 36.1 Å². The van der Waals surface area contributed by atoms with Gasteiger partial charge in [0.15, 0.2) is 11.5 Å². The molecule has 2 heterocycles. The summed E-state index contributed by atoms with van der Waals surface area (Å²) in [5.41, 5.74) is 1.44. The fourth-order valence-electron chi connectivity index (χ4n) is 3.08. The van der Waals surface area contributed by atoms with Gasteiger partial charge in [-0.25, -0.2) is 9.97 Å². The molecule has 0 atom stereocenters. The number of rotatable bonds is 7. The van der Waals surface area contributed by atoms with Crippen molar-refractivity contribution in [2.75, 3.05) is 58.9 Å². The number of ether oxygens (including phenoxy) is 2. The second kappa shape index (κ2) is 9.36. The molecule has 2 aromatic rings. The average Bonchev–Trinajstić information content (AvgIpc) is 2.74. The Kier molecular flexibility index (Phi) is 6.65. The number of amides is 1. The van der Waals surface area contributed by atoms with Crippen LogP contribution in [-0.2, 0) is 6.42 Å².